The van der Waals surface area contributed by atoms with E-state index in [1.807, 2.05) is 32.0 Å². The molecule has 0 aliphatic rings. The van der Waals surface area contributed by atoms with Crippen LogP contribution in [0.1, 0.15) is 11.4 Å². The third-order valence-corrected chi connectivity index (χ3v) is 5.48. The van der Waals surface area contributed by atoms with Crippen molar-refractivity contribution < 1.29 is 13.0 Å². The highest BCUT2D eigenvalue weighted by Crippen LogP contribution is 2.21. The number of aromatic nitrogens is 1. The molecule has 1 heterocycles. The van der Waals surface area contributed by atoms with Crippen LogP contribution in [0.25, 0.3) is 16.8 Å². The molecule has 0 aliphatic carbocycles. The summed E-state index contributed by atoms with van der Waals surface area (Å²) in [5.41, 5.74) is 15.6. The largest absolute Gasteiger partial charge is 0.369 e. The number of benzene rings is 2. The molecule has 0 spiro atoms. The Labute approximate surface area is 158 Å². The molecule has 6 nitrogen and oxygen atoms in total. The number of pyridine rings is 1. The van der Waals surface area contributed by atoms with Crippen LogP contribution >= 0.6 is 0 Å². The lowest BCUT2D eigenvalue weighted by Crippen LogP contribution is -2.37. The average molecular weight is 381 g/mol. The molecule has 3 rings (SSSR count). The van der Waals surface area contributed by atoms with Crippen LogP contribution in [0.15, 0.2) is 76.0 Å². The summed E-state index contributed by atoms with van der Waals surface area (Å²) in [6.45, 7) is 4.03. The Morgan fingerprint density at radius 3 is 1.93 bits per heavy atom. The van der Waals surface area contributed by atoms with Crippen molar-refractivity contribution >= 4 is 16.0 Å². The Morgan fingerprint density at radius 1 is 0.852 bits per heavy atom. The van der Waals surface area contributed by atoms with Crippen molar-refractivity contribution in [3.8, 4) is 16.8 Å². The molecular weight excluding hydrogens is 360 g/mol. The number of nitrogens with two attached hydrogens (primary N) is 2. The van der Waals surface area contributed by atoms with Gasteiger partial charge in [-0.15, -0.1) is 4.40 Å². The van der Waals surface area contributed by atoms with Crippen molar-refractivity contribution in [3.05, 3.63) is 78.1 Å². The molecule has 0 amide bonds. The molecule has 4 N–H and O–H groups in total. The van der Waals surface area contributed by atoms with Gasteiger partial charge in [0.15, 0.2) is 11.4 Å². The summed E-state index contributed by atoms with van der Waals surface area (Å²) in [6, 6.07) is 20.8. The molecular formula is C20H21N4O2S+. The molecule has 27 heavy (non-hydrogen) atoms. The smallest absolute Gasteiger partial charge is 0.285 e. The molecule has 0 fully saturated rings. The molecule has 0 radical (unpaired) electrons. The first-order chi connectivity index (χ1) is 12.8. The Morgan fingerprint density at radius 2 is 1.41 bits per heavy atom. The van der Waals surface area contributed by atoms with Crippen LogP contribution in [0, 0.1) is 13.8 Å². The Kier molecular flexibility index (Phi) is 4.96. The summed E-state index contributed by atoms with van der Waals surface area (Å²) in [4.78, 5) is 0.0384. The topological polar surface area (TPSA) is 102 Å². The van der Waals surface area contributed by atoms with Crippen LogP contribution < -0.4 is 16.0 Å². The quantitative estimate of drug-likeness (QED) is 0.411. The maximum absolute atomic E-state index is 12.1. The van der Waals surface area contributed by atoms with E-state index >= 15 is 0 Å². The van der Waals surface area contributed by atoms with E-state index in [1.165, 1.54) is 12.1 Å². The molecule has 2 aromatic carbocycles. The number of hydrogen-bond donors (Lipinski definition) is 2. The van der Waals surface area contributed by atoms with Crippen LogP contribution in [0.4, 0.5) is 0 Å². The monoisotopic (exact) mass is 381 g/mol. The minimum Gasteiger partial charge on any atom is -0.369 e. The third-order valence-electron chi connectivity index (χ3n) is 4.16. The highest BCUT2D eigenvalue weighted by Gasteiger charge is 2.19. The Balaban J connectivity index is 2.01. The predicted molar refractivity (Wildman–Crippen MR) is 106 cm³/mol. The van der Waals surface area contributed by atoms with Crippen molar-refractivity contribution in [1.82, 2.24) is 0 Å². The molecule has 0 saturated heterocycles. The van der Waals surface area contributed by atoms with Gasteiger partial charge in [0.05, 0.1) is 4.90 Å². The summed E-state index contributed by atoms with van der Waals surface area (Å²) < 4.78 is 29.5. The van der Waals surface area contributed by atoms with E-state index in [2.05, 4.69) is 33.2 Å². The number of hydrogen-bond acceptors (Lipinski definition) is 2. The highest BCUT2D eigenvalue weighted by molar-refractivity contribution is 7.90. The first-order valence-corrected chi connectivity index (χ1v) is 9.77. The fourth-order valence-electron chi connectivity index (χ4n) is 3.06. The van der Waals surface area contributed by atoms with Gasteiger partial charge in [-0.3, -0.25) is 0 Å². The van der Waals surface area contributed by atoms with Crippen LogP contribution in [0.5, 0.6) is 0 Å². The maximum atomic E-state index is 12.1. The van der Waals surface area contributed by atoms with Gasteiger partial charge in [0.1, 0.15) is 0 Å². The lowest BCUT2D eigenvalue weighted by molar-refractivity contribution is -0.609. The van der Waals surface area contributed by atoms with Crippen molar-refractivity contribution in [1.29, 1.82) is 0 Å². The maximum Gasteiger partial charge on any atom is 0.285 e. The molecule has 3 aromatic rings. The van der Waals surface area contributed by atoms with E-state index in [0.29, 0.717) is 0 Å². The normalized spacial score (nSPS) is 11.2. The van der Waals surface area contributed by atoms with Gasteiger partial charge in [0, 0.05) is 38.1 Å². The van der Waals surface area contributed by atoms with Crippen molar-refractivity contribution in [3.63, 3.8) is 0 Å². The molecule has 0 atom stereocenters. The fourth-order valence-corrected chi connectivity index (χ4v) is 3.93. The average Bonchev–Trinajstić information content (AvgIpc) is 2.61. The second-order valence-electron chi connectivity index (χ2n) is 6.21. The number of guanidine groups is 1. The van der Waals surface area contributed by atoms with E-state index in [4.69, 9.17) is 11.5 Å². The van der Waals surface area contributed by atoms with Gasteiger partial charge in [-0.25, -0.2) is 0 Å². The van der Waals surface area contributed by atoms with E-state index in [9.17, 15) is 8.42 Å². The standard InChI is InChI=1S/C20H21N4O2S/c1-14-12-17(16-6-4-3-5-7-16)13-15(2)24(14)18-8-10-19(11-9-18)27(25,26)23-20(21)22/h3-13H,1-2H3,(H4,21,22,23)/q+1. The lowest BCUT2D eigenvalue weighted by atomic mass is 10.0. The second-order valence-corrected chi connectivity index (χ2v) is 7.82. The summed E-state index contributed by atoms with van der Waals surface area (Å²) >= 11 is 0. The van der Waals surface area contributed by atoms with Gasteiger partial charge >= 0.3 is 0 Å². The van der Waals surface area contributed by atoms with Crippen LogP contribution in [-0.2, 0) is 10.0 Å². The van der Waals surface area contributed by atoms with Gasteiger partial charge in [-0.2, -0.15) is 13.0 Å². The van der Waals surface area contributed by atoms with Gasteiger partial charge in [0.25, 0.3) is 10.0 Å². The summed E-state index contributed by atoms with van der Waals surface area (Å²) in [6.07, 6.45) is 0. The van der Waals surface area contributed by atoms with Crippen molar-refractivity contribution in [2.75, 3.05) is 0 Å². The number of nitrogens with zero attached hydrogens (tertiary/aromatic N) is 2. The zero-order chi connectivity index (χ0) is 19.6. The lowest BCUT2D eigenvalue weighted by Gasteiger charge is -2.08. The summed E-state index contributed by atoms with van der Waals surface area (Å²) in [5, 5.41) is 0. The number of sulfonamides is 1. The Bertz CT molecular complexity index is 1080. The first-order valence-electron chi connectivity index (χ1n) is 8.33. The molecule has 1 aromatic heterocycles. The third kappa shape index (κ3) is 3.98. The molecule has 7 heteroatoms. The number of aryl methyl sites for hydroxylation is 2. The summed E-state index contributed by atoms with van der Waals surface area (Å²) in [7, 11) is -3.89. The molecule has 138 valence electrons. The van der Waals surface area contributed by atoms with Gasteiger partial charge in [-0.05, 0) is 23.3 Å². The van der Waals surface area contributed by atoms with Crippen LogP contribution in [-0.4, -0.2) is 14.4 Å². The van der Waals surface area contributed by atoms with E-state index in [-0.39, 0.29) is 4.90 Å². The fraction of sp³-hybridized carbons (Fsp3) is 0.100. The van der Waals surface area contributed by atoms with Crippen molar-refractivity contribution in [2.24, 2.45) is 15.9 Å². The van der Waals surface area contributed by atoms with Gasteiger partial charge in [-0.1, -0.05) is 30.3 Å². The minimum atomic E-state index is -3.89. The van der Waals surface area contributed by atoms with Gasteiger partial charge < -0.3 is 11.5 Å². The minimum absolute atomic E-state index is 0.0384. The highest BCUT2D eigenvalue weighted by atomic mass is 32.2. The molecule has 0 saturated carbocycles. The zero-order valence-electron chi connectivity index (χ0n) is 15.1. The van der Waals surface area contributed by atoms with E-state index in [1.54, 1.807) is 12.1 Å². The number of rotatable bonds is 4. The van der Waals surface area contributed by atoms with Crippen LogP contribution in [0.3, 0.4) is 0 Å². The first kappa shape index (κ1) is 18.6. The SMILES string of the molecule is Cc1cc(-c2ccccc2)cc(C)[n+]1-c1ccc(S(=O)(=O)N=C(N)N)cc1. The summed E-state index contributed by atoms with van der Waals surface area (Å²) in [5.74, 6) is -0.489. The van der Waals surface area contributed by atoms with E-state index < -0.39 is 16.0 Å². The predicted octanol–water partition coefficient (Wildman–Crippen LogP) is 2.21. The molecule has 0 unspecified atom stereocenters. The second kappa shape index (κ2) is 7.20. The van der Waals surface area contributed by atoms with Crippen LogP contribution in [0.2, 0.25) is 0 Å². The zero-order valence-corrected chi connectivity index (χ0v) is 15.9. The molecule has 0 aliphatic heterocycles. The van der Waals surface area contributed by atoms with Gasteiger partial charge in [0.2, 0.25) is 11.6 Å². The Hall–Kier alpha value is -3.19. The van der Waals surface area contributed by atoms with E-state index in [0.717, 1.165) is 28.2 Å². The molecule has 0 bridgehead atoms. The van der Waals surface area contributed by atoms with Crippen molar-refractivity contribution in [2.45, 2.75) is 18.7 Å².